The van der Waals surface area contributed by atoms with E-state index in [1.807, 2.05) is 6.07 Å². The van der Waals surface area contributed by atoms with E-state index in [9.17, 15) is 8.42 Å². The summed E-state index contributed by atoms with van der Waals surface area (Å²) in [5.41, 5.74) is 0.835. The maximum Gasteiger partial charge on any atom is 0.175 e. The lowest BCUT2D eigenvalue weighted by Crippen LogP contribution is -1.99. The molecule has 0 N–H and O–H groups in total. The number of halogens is 1. The Labute approximate surface area is 92.1 Å². The van der Waals surface area contributed by atoms with Crippen LogP contribution in [-0.4, -0.2) is 21.8 Å². The van der Waals surface area contributed by atoms with E-state index in [-0.39, 0.29) is 0 Å². The maximum atomic E-state index is 11.3. The first-order chi connectivity index (χ1) is 6.43. The molecule has 0 aliphatic rings. The minimum Gasteiger partial charge on any atom is -0.380 e. The normalized spacial score (nSPS) is 11.6. The summed E-state index contributed by atoms with van der Waals surface area (Å²) in [5, 5.41) is 0. The summed E-state index contributed by atoms with van der Waals surface area (Å²) in [6, 6.07) is 5.02. The molecule has 78 valence electrons. The Morgan fingerprint density at radius 3 is 2.50 bits per heavy atom. The van der Waals surface area contributed by atoms with Crippen molar-refractivity contribution in [2.75, 3.05) is 13.4 Å². The Bertz CT molecular complexity index is 426. The second-order valence-electron chi connectivity index (χ2n) is 3.00. The van der Waals surface area contributed by atoms with E-state index >= 15 is 0 Å². The molecule has 0 amide bonds. The molecule has 0 aliphatic carbocycles. The van der Waals surface area contributed by atoms with Crippen LogP contribution in [0.5, 0.6) is 0 Å². The third-order valence-electron chi connectivity index (χ3n) is 1.67. The summed E-state index contributed by atoms with van der Waals surface area (Å²) in [5.74, 6) is 0. The van der Waals surface area contributed by atoms with Crippen LogP contribution in [0.4, 0.5) is 0 Å². The minimum atomic E-state index is -3.15. The van der Waals surface area contributed by atoms with Gasteiger partial charge < -0.3 is 4.74 Å². The summed E-state index contributed by atoms with van der Waals surface area (Å²) in [6.07, 6.45) is 1.19. The first-order valence-electron chi connectivity index (χ1n) is 3.92. The van der Waals surface area contributed by atoms with Crippen molar-refractivity contribution >= 4 is 25.8 Å². The van der Waals surface area contributed by atoms with Crippen molar-refractivity contribution in [1.29, 1.82) is 0 Å². The van der Waals surface area contributed by atoms with Gasteiger partial charge in [-0.1, -0.05) is 15.9 Å². The van der Waals surface area contributed by atoms with E-state index < -0.39 is 9.84 Å². The van der Waals surface area contributed by atoms with Gasteiger partial charge in [0.05, 0.1) is 11.5 Å². The number of hydrogen-bond donors (Lipinski definition) is 0. The molecule has 0 aromatic heterocycles. The zero-order valence-electron chi connectivity index (χ0n) is 7.95. The molecule has 14 heavy (non-hydrogen) atoms. The summed E-state index contributed by atoms with van der Waals surface area (Å²) >= 11 is 3.26. The number of rotatable bonds is 3. The monoisotopic (exact) mass is 278 g/mol. The molecule has 5 heteroatoms. The number of sulfone groups is 1. The molecule has 1 rings (SSSR count). The van der Waals surface area contributed by atoms with Crippen molar-refractivity contribution in [2.45, 2.75) is 11.5 Å². The molecular weight excluding hydrogens is 268 g/mol. The van der Waals surface area contributed by atoms with Gasteiger partial charge in [0.15, 0.2) is 9.84 Å². The van der Waals surface area contributed by atoms with E-state index in [4.69, 9.17) is 4.74 Å². The van der Waals surface area contributed by atoms with Crippen LogP contribution in [0, 0.1) is 0 Å². The molecule has 1 aromatic carbocycles. The Morgan fingerprint density at radius 2 is 2.00 bits per heavy atom. The molecule has 0 radical (unpaired) electrons. The zero-order valence-corrected chi connectivity index (χ0v) is 10.4. The van der Waals surface area contributed by atoms with Gasteiger partial charge in [0.2, 0.25) is 0 Å². The van der Waals surface area contributed by atoms with Gasteiger partial charge in [-0.3, -0.25) is 0 Å². The molecule has 0 aliphatic heterocycles. The molecule has 0 fully saturated rings. The minimum absolute atomic E-state index is 0.305. The highest BCUT2D eigenvalue weighted by Gasteiger charge is 2.09. The average Bonchev–Trinajstić information content (AvgIpc) is 2.02. The van der Waals surface area contributed by atoms with Crippen molar-refractivity contribution in [2.24, 2.45) is 0 Å². The van der Waals surface area contributed by atoms with Crippen molar-refractivity contribution in [3.8, 4) is 0 Å². The Kier molecular flexibility index (Phi) is 3.69. The fourth-order valence-electron chi connectivity index (χ4n) is 1.08. The van der Waals surface area contributed by atoms with Gasteiger partial charge in [-0.15, -0.1) is 0 Å². The highest BCUT2D eigenvalue weighted by Crippen LogP contribution is 2.19. The van der Waals surface area contributed by atoms with E-state index in [1.165, 1.54) is 6.26 Å². The molecule has 0 unspecified atom stereocenters. The molecule has 3 nitrogen and oxygen atoms in total. The summed E-state index contributed by atoms with van der Waals surface area (Å²) in [6.45, 7) is 0.405. The summed E-state index contributed by atoms with van der Waals surface area (Å²) in [7, 11) is -1.58. The standard InChI is InChI=1S/C9H11BrO3S/c1-13-6-7-3-8(10)5-9(4-7)14(2,11)12/h3-5H,6H2,1-2H3. The topological polar surface area (TPSA) is 43.4 Å². The van der Waals surface area contributed by atoms with Crippen LogP contribution < -0.4 is 0 Å². The number of hydrogen-bond acceptors (Lipinski definition) is 3. The van der Waals surface area contributed by atoms with Gasteiger partial charge in [-0.25, -0.2) is 8.42 Å². The van der Waals surface area contributed by atoms with Crippen LogP contribution in [0.2, 0.25) is 0 Å². The van der Waals surface area contributed by atoms with Gasteiger partial charge in [-0.2, -0.15) is 0 Å². The molecule has 1 aromatic rings. The third-order valence-corrected chi connectivity index (χ3v) is 3.22. The van der Waals surface area contributed by atoms with Crippen LogP contribution in [-0.2, 0) is 21.2 Å². The van der Waals surface area contributed by atoms with E-state index in [2.05, 4.69) is 15.9 Å². The quantitative estimate of drug-likeness (QED) is 0.850. The van der Waals surface area contributed by atoms with Crippen LogP contribution in [0.15, 0.2) is 27.6 Å². The van der Waals surface area contributed by atoms with Crippen molar-refractivity contribution in [1.82, 2.24) is 0 Å². The zero-order chi connectivity index (χ0) is 10.8. The molecule has 0 saturated carbocycles. The highest BCUT2D eigenvalue weighted by molar-refractivity contribution is 9.10. The van der Waals surface area contributed by atoms with Crippen LogP contribution in [0.3, 0.4) is 0 Å². The Hall–Kier alpha value is -0.390. The van der Waals surface area contributed by atoms with Gasteiger partial charge >= 0.3 is 0 Å². The summed E-state index contributed by atoms with van der Waals surface area (Å²) in [4.78, 5) is 0.305. The van der Waals surface area contributed by atoms with Crippen LogP contribution in [0.25, 0.3) is 0 Å². The number of benzene rings is 1. The van der Waals surface area contributed by atoms with Crippen LogP contribution >= 0.6 is 15.9 Å². The fourth-order valence-corrected chi connectivity index (χ4v) is 2.48. The molecule has 0 saturated heterocycles. The van der Waals surface area contributed by atoms with E-state index in [0.717, 1.165) is 10.0 Å². The molecule has 0 bridgehead atoms. The second kappa shape index (κ2) is 4.42. The highest BCUT2D eigenvalue weighted by atomic mass is 79.9. The lowest BCUT2D eigenvalue weighted by molar-refractivity contribution is 0.184. The SMILES string of the molecule is COCc1cc(Br)cc(S(C)(=O)=O)c1. The predicted molar refractivity (Wildman–Crippen MR) is 58.0 cm³/mol. The number of methoxy groups -OCH3 is 1. The predicted octanol–water partition coefficient (Wildman–Crippen LogP) is 2.00. The summed E-state index contributed by atoms with van der Waals surface area (Å²) < 4.78 is 28.2. The molecule has 0 heterocycles. The van der Waals surface area contributed by atoms with Gasteiger partial charge in [0.1, 0.15) is 0 Å². The molecular formula is C9H11BrO3S. The largest absolute Gasteiger partial charge is 0.380 e. The van der Waals surface area contributed by atoms with Gasteiger partial charge in [0, 0.05) is 17.8 Å². The lowest BCUT2D eigenvalue weighted by atomic mass is 10.2. The second-order valence-corrected chi connectivity index (χ2v) is 5.93. The first-order valence-corrected chi connectivity index (χ1v) is 6.60. The average molecular weight is 279 g/mol. The van der Waals surface area contributed by atoms with E-state index in [1.54, 1.807) is 19.2 Å². The molecule has 0 spiro atoms. The Balaban J connectivity index is 3.21. The van der Waals surface area contributed by atoms with Crippen molar-refractivity contribution < 1.29 is 13.2 Å². The van der Waals surface area contributed by atoms with Crippen molar-refractivity contribution in [3.05, 3.63) is 28.2 Å². The van der Waals surface area contributed by atoms with Crippen LogP contribution in [0.1, 0.15) is 5.56 Å². The van der Waals surface area contributed by atoms with Crippen molar-refractivity contribution in [3.63, 3.8) is 0 Å². The van der Waals surface area contributed by atoms with Gasteiger partial charge in [0.25, 0.3) is 0 Å². The maximum absolute atomic E-state index is 11.3. The number of ether oxygens (including phenoxy) is 1. The van der Waals surface area contributed by atoms with E-state index in [0.29, 0.717) is 11.5 Å². The van der Waals surface area contributed by atoms with Gasteiger partial charge in [-0.05, 0) is 23.8 Å². The molecule has 0 atom stereocenters. The lowest BCUT2D eigenvalue weighted by Gasteiger charge is -2.04. The third kappa shape index (κ3) is 3.08. The Morgan fingerprint density at radius 1 is 1.36 bits per heavy atom. The first kappa shape index (κ1) is 11.7. The fraction of sp³-hybridized carbons (Fsp3) is 0.333. The smallest absolute Gasteiger partial charge is 0.175 e.